The summed E-state index contributed by atoms with van der Waals surface area (Å²) < 4.78 is 35.5. The molecule has 0 aromatic rings. The number of aliphatic hydroxyl groups is 5. The van der Waals surface area contributed by atoms with E-state index in [9.17, 15) is 35.1 Å². The Labute approximate surface area is 283 Å². The fraction of sp³-hybridized carbons (Fsp3) is 0.939. The molecule has 280 valence electrons. The Morgan fingerprint density at radius 3 is 2.21 bits per heavy atom. The molecular weight excluding hydrogens is 632 g/mol. The maximum atomic E-state index is 13.1. The van der Waals surface area contributed by atoms with Crippen LogP contribution in [0.4, 0.5) is 4.79 Å². The molecule has 7 N–H and O–H groups in total. The van der Waals surface area contributed by atoms with Gasteiger partial charge in [0.25, 0.3) is 0 Å². The molecule has 2 heterocycles. The van der Waals surface area contributed by atoms with E-state index in [1.165, 1.54) is 7.11 Å². The molecule has 0 bridgehead atoms. The maximum absolute atomic E-state index is 13.1. The summed E-state index contributed by atoms with van der Waals surface area (Å²) in [7, 11) is 1.45. The minimum atomic E-state index is -1.46. The lowest BCUT2D eigenvalue weighted by molar-refractivity contribution is -0.332. The molecule has 15 atom stereocenters. The number of nitrogens with one attached hydrogen (secondary N) is 2. The second-order valence-corrected chi connectivity index (χ2v) is 14.9. The second kappa shape index (κ2) is 17.0. The molecule has 1 saturated carbocycles. The summed E-state index contributed by atoms with van der Waals surface area (Å²) >= 11 is 0. The smallest absolute Gasteiger partial charge is 0.408 e. The van der Waals surface area contributed by atoms with Crippen molar-refractivity contribution >= 4 is 12.0 Å². The summed E-state index contributed by atoms with van der Waals surface area (Å²) in [6.45, 7) is 14.0. The van der Waals surface area contributed by atoms with Gasteiger partial charge in [0, 0.05) is 19.4 Å². The molecular formula is C33H60N2O13. The van der Waals surface area contributed by atoms with Gasteiger partial charge in [-0.3, -0.25) is 4.79 Å². The molecule has 3 aliphatic rings. The minimum Gasteiger partial charge on any atom is -0.444 e. The van der Waals surface area contributed by atoms with Crippen LogP contribution in [0.3, 0.4) is 0 Å². The number of alkyl carbamates (subject to hydrolysis) is 1. The average Bonchev–Trinajstić information content (AvgIpc) is 2.98. The molecule has 15 heteroatoms. The molecule has 14 unspecified atom stereocenters. The first-order valence-corrected chi connectivity index (χ1v) is 17.2. The van der Waals surface area contributed by atoms with Gasteiger partial charge in [-0.25, -0.2) is 4.79 Å². The van der Waals surface area contributed by atoms with E-state index in [2.05, 4.69) is 10.6 Å². The van der Waals surface area contributed by atoms with Crippen molar-refractivity contribution in [3.05, 3.63) is 0 Å². The Balaban J connectivity index is 1.94. The first kappa shape index (κ1) is 40.8. The van der Waals surface area contributed by atoms with Crippen molar-refractivity contribution in [1.82, 2.24) is 10.6 Å². The summed E-state index contributed by atoms with van der Waals surface area (Å²) in [5, 5.41) is 60.6. The van der Waals surface area contributed by atoms with E-state index in [-0.39, 0.29) is 25.9 Å². The topological polar surface area (TPSA) is 215 Å². The number of carbonyl (C=O) groups excluding carboxylic acids is 2. The molecule has 2 aliphatic heterocycles. The van der Waals surface area contributed by atoms with Crippen molar-refractivity contribution in [2.75, 3.05) is 13.7 Å². The van der Waals surface area contributed by atoms with Crippen molar-refractivity contribution in [2.24, 2.45) is 11.8 Å². The molecule has 3 fully saturated rings. The van der Waals surface area contributed by atoms with E-state index in [0.717, 1.165) is 0 Å². The van der Waals surface area contributed by atoms with Gasteiger partial charge in [0.05, 0.1) is 42.6 Å². The Morgan fingerprint density at radius 1 is 0.979 bits per heavy atom. The predicted molar refractivity (Wildman–Crippen MR) is 171 cm³/mol. The van der Waals surface area contributed by atoms with Gasteiger partial charge in [0.1, 0.15) is 36.1 Å². The van der Waals surface area contributed by atoms with Gasteiger partial charge in [0.2, 0.25) is 5.91 Å². The third kappa shape index (κ3) is 9.98. The molecule has 48 heavy (non-hydrogen) atoms. The quantitative estimate of drug-likeness (QED) is 0.150. The van der Waals surface area contributed by atoms with E-state index < -0.39 is 109 Å². The SMILES string of the molecule is CCC[C@H](O)C(=O)NC1(C)CC(C)C(OC2OC(CC)C(O)CC2NC(=O)OC(C)(C)C)C(O)C1OC1OC(COC)C(O)C(C)C1O. The molecule has 0 aromatic heterocycles. The van der Waals surface area contributed by atoms with E-state index in [1.54, 1.807) is 34.6 Å². The summed E-state index contributed by atoms with van der Waals surface area (Å²) in [6.07, 6.45) is -11.3. The van der Waals surface area contributed by atoms with Gasteiger partial charge in [-0.2, -0.15) is 0 Å². The third-order valence-corrected chi connectivity index (χ3v) is 9.47. The maximum Gasteiger partial charge on any atom is 0.408 e. The molecule has 15 nitrogen and oxygen atoms in total. The molecule has 0 radical (unpaired) electrons. The lowest BCUT2D eigenvalue weighted by Crippen LogP contribution is -2.70. The summed E-state index contributed by atoms with van der Waals surface area (Å²) in [6, 6.07) is -0.839. The molecule has 2 amide bonds. The van der Waals surface area contributed by atoms with E-state index in [0.29, 0.717) is 12.8 Å². The summed E-state index contributed by atoms with van der Waals surface area (Å²) in [5.41, 5.74) is -2.06. The van der Waals surface area contributed by atoms with Gasteiger partial charge < -0.3 is 64.6 Å². The number of carbonyl (C=O) groups is 2. The monoisotopic (exact) mass is 692 g/mol. The predicted octanol–water partition coefficient (Wildman–Crippen LogP) is 0.702. The number of aliphatic hydroxyl groups excluding tert-OH is 5. The zero-order valence-electron chi connectivity index (χ0n) is 29.8. The Morgan fingerprint density at radius 2 is 1.62 bits per heavy atom. The van der Waals surface area contributed by atoms with Crippen LogP contribution in [0, 0.1) is 11.8 Å². The van der Waals surface area contributed by atoms with Gasteiger partial charge >= 0.3 is 6.09 Å². The first-order valence-electron chi connectivity index (χ1n) is 17.2. The van der Waals surface area contributed by atoms with Crippen LogP contribution < -0.4 is 10.6 Å². The lowest BCUT2D eigenvalue weighted by atomic mass is 9.71. The normalized spacial score (nSPS) is 41.3. The molecule has 0 aromatic carbocycles. The number of rotatable bonds is 12. The van der Waals surface area contributed by atoms with Gasteiger partial charge in [-0.05, 0) is 52.9 Å². The highest BCUT2D eigenvalue weighted by Crippen LogP contribution is 2.40. The first-order chi connectivity index (χ1) is 22.3. The highest BCUT2D eigenvalue weighted by molar-refractivity contribution is 5.81. The fourth-order valence-corrected chi connectivity index (χ4v) is 6.92. The van der Waals surface area contributed by atoms with Crippen molar-refractivity contribution in [3.8, 4) is 0 Å². The van der Waals surface area contributed by atoms with Crippen molar-refractivity contribution in [2.45, 2.75) is 172 Å². The third-order valence-electron chi connectivity index (χ3n) is 9.47. The van der Waals surface area contributed by atoms with Crippen LogP contribution in [0.2, 0.25) is 0 Å². The molecule has 3 rings (SSSR count). The van der Waals surface area contributed by atoms with E-state index in [1.807, 2.05) is 20.8 Å². The van der Waals surface area contributed by atoms with Crippen molar-refractivity contribution in [1.29, 1.82) is 0 Å². The summed E-state index contributed by atoms with van der Waals surface area (Å²) in [4.78, 5) is 25.9. The number of hydrogen-bond donors (Lipinski definition) is 7. The lowest BCUT2D eigenvalue weighted by Gasteiger charge is -2.53. The standard InChI is InChI=1S/C33H60N2O13/c1-10-12-19(36)28(41)35-33(8)14-16(3)26(25(40)27(33)47-30-24(39)17(4)23(38)22(45-30)15-43-9)46-29-18(13-20(37)21(11-2)44-29)34-31(42)48-32(5,6)7/h16-27,29-30,36-40H,10-15H2,1-9H3,(H,34,42)(H,35,41)/t16?,17?,18?,19-,20?,21?,22?,23?,24?,25?,26?,27?,29?,30?,33?/m0/s1. The largest absolute Gasteiger partial charge is 0.444 e. The van der Waals surface area contributed by atoms with Crippen LogP contribution in [-0.4, -0.2) is 136 Å². The van der Waals surface area contributed by atoms with Gasteiger partial charge in [0.15, 0.2) is 12.6 Å². The summed E-state index contributed by atoms with van der Waals surface area (Å²) in [5.74, 6) is -1.77. The van der Waals surface area contributed by atoms with Crippen LogP contribution in [-0.2, 0) is 33.2 Å². The Bertz CT molecular complexity index is 1050. The van der Waals surface area contributed by atoms with E-state index in [4.69, 9.17) is 28.4 Å². The number of amides is 2. The highest BCUT2D eigenvalue weighted by atomic mass is 16.7. The van der Waals surface area contributed by atoms with Crippen LogP contribution >= 0.6 is 0 Å². The average molecular weight is 693 g/mol. The van der Waals surface area contributed by atoms with Gasteiger partial charge in [-0.1, -0.05) is 34.1 Å². The van der Waals surface area contributed by atoms with Crippen LogP contribution in [0.25, 0.3) is 0 Å². The van der Waals surface area contributed by atoms with Crippen molar-refractivity contribution in [3.63, 3.8) is 0 Å². The molecule has 0 spiro atoms. The number of hydrogen-bond acceptors (Lipinski definition) is 13. The Kier molecular flexibility index (Phi) is 14.5. The Hall–Kier alpha value is -1.66. The number of methoxy groups -OCH3 is 1. The number of ether oxygens (including phenoxy) is 6. The van der Waals surface area contributed by atoms with E-state index >= 15 is 0 Å². The zero-order valence-corrected chi connectivity index (χ0v) is 29.8. The second-order valence-electron chi connectivity index (χ2n) is 14.9. The van der Waals surface area contributed by atoms with Crippen LogP contribution in [0.1, 0.15) is 87.5 Å². The van der Waals surface area contributed by atoms with Gasteiger partial charge in [-0.15, -0.1) is 0 Å². The zero-order chi connectivity index (χ0) is 36.1. The van der Waals surface area contributed by atoms with Crippen molar-refractivity contribution < 1.29 is 63.5 Å². The van der Waals surface area contributed by atoms with Crippen LogP contribution in [0.15, 0.2) is 0 Å². The van der Waals surface area contributed by atoms with Crippen LogP contribution in [0.5, 0.6) is 0 Å². The molecule has 2 saturated heterocycles. The molecule has 1 aliphatic carbocycles. The fourth-order valence-electron chi connectivity index (χ4n) is 6.92. The highest BCUT2D eigenvalue weighted by Gasteiger charge is 2.56. The minimum absolute atomic E-state index is 0.0147.